The fraction of sp³-hybridized carbons (Fsp3) is 0.227. The second-order valence-corrected chi connectivity index (χ2v) is 7.41. The molecule has 1 aliphatic heterocycles. The molecule has 140 valence electrons. The van der Waals surface area contributed by atoms with Crippen molar-refractivity contribution in [3.05, 3.63) is 77.9 Å². The highest BCUT2D eigenvalue weighted by molar-refractivity contribution is 5.94. The number of likely N-dealkylation sites (tertiary alicyclic amines) is 1. The van der Waals surface area contributed by atoms with Crippen LogP contribution in [0.3, 0.4) is 0 Å². The van der Waals surface area contributed by atoms with Crippen LogP contribution in [0.2, 0.25) is 0 Å². The number of fused-ring (bicyclic) bond motifs is 1. The van der Waals surface area contributed by atoms with Gasteiger partial charge in [0.15, 0.2) is 0 Å². The highest BCUT2D eigenvalue weighted by Gasteiger charge is 2.33. The summed E-state index contributed by atoms with van der Waals surface area (Å²) in [7, 11) is 0. The van der Waals surface area contributed by atoms with Crippen LogP contribution in [0.1, 0.15) is 27.8 Å². The predicted octanol–water partition coefficient (Wildman–Crippen LogP) is 3.51. The molecule has 1 aromatic carbocycles. The summed E-state index contributed by atoms with van der Waals surface area (Å²) in [5.74, 6) is 0.0506. The third-order valence-electron chi connectivity index (χ3n) is 5.31. The van der Waals surface area contributed by atoms with Gasteiger partial charge in [0, 0.05) is 36.7 Å². The molecule has 6 nitrogen and oxygen atoms in total. The molecule has 0 atom stereocenters. The summed E-state index contributed by atoms with van der Waals surface area (Å²) < 4.78 is 3.96. The Kier molecular flexibility index (Phi) is 3.79. The lowest BCUT2D eigenvalue weighted by Crippen LogP contribution is -2.51. The minimum Gasteiger partial charge on any atom is -0.334 e. The van der Waals surface area contributed by atoms with E-state index >= 15 is 0 Å². The lowest BCUT2D eigenvalue weighted by molar-refractivity contribution is 0.0497. The van der Waals surface area contributed by atoms with E-state index in [-0.39, 0.29) is 11.9 Å². The van der Waals surface area contributed by atoms with Crippen LogP contribution in [0, 0.1) is 13.8 Å². The van der Waals surface area contributed by atoms with Gasteiger partial charge in [-0.25, -0.2) is 4.98 Å². The molecule has 0 N–H and O–H groups in total. The smallest absolute Gasteiger partial charge is 0.255 e. The number of carbonyl (C=O) groups excluding carboxylic acids is 1. The maximum absolute atomic E-state index is 12.9. The van der Waals surface area contributed by atoms with E-state index in [4.69, 9.17) is 0 Å². The molecule has 0 aliphatic carbocycles. The van der Waals surface area contributed by atoms with Crippen molar-refractivity contribution in [1.29, 1.82) is 0 Å². The monoisotopic (exact) mass is 371 g/mol. The van der Waals surface area contributed by atoms with Gasteiger partial charge >= 0.3 is 0 Å². The highest BCUT2D eigenvalue weighted by Crippen LogP contribution is 2.25. The summed E-state index contributed by atoms with van der Waals surface area (Å²) in [5.41, 5.74) is 5.63. The van der Waals surface area contributed by atoms with Gasteiger partial charge in [0.05, 0.1) is 23.0 Å². The summed E-state index contributed by atoms with van der Waals surface area (Å²) in [5, 5.41) is 4.54. The van der Waals surface area contributed by atoms with Crippen LogP contribution in [0.5, 0.6) is 0 Å². The minimum atomic E-state index is 0.0506. The van der Waals surface area contributed by atoms with Crippen LogP contribution < -0.4 is 0 Å². The van der Waals surface area contributed by atoms with Gasteiger partial charge in [-0.1, -0.05) is 30.3 Å². The van der Waals surface area contributed by atoms with Crippen LogP contribution >= 0.6 is 0 Å². The van der Waals surface area contributed by atoms with E-state index in [2.05, 4.69) is 23.1 Å². The minimum absolute atomic E-state index is 0.0506. The van der Waals surface area contributed by atoms with Gasteiger partial charge in [-0.05, 0) is 32.0 Å². The molecule has 4 heterocycles. The van der Waals surface area contributed by atoms with Crippen LogP contribution in [0.25, 0.3) is 16.9 Å². The lowest BCUT2D eigenvalue weighted by atomic mass is 10.1. The first kappa shape index (κ1) is 16.7. The van der Waals surface area contributed by atoms with E-state index < -0.39 is 0 Å². The first-order valence-electron chi connectivity index (χ1n) is 9.45. The SMILES string of the molecule is Cc1cc(C)n(C2CN(C(=O)c3ccc4nc(-c5ccccc5)cn4c3)C2)n1. The highest BCUT2D eigenvalue weighted by atomic mass is 16.2. The van der Waals surface area contributed by atoms with Crippen molar-refractivity contribution in [3.63, 3.8) is 0 Å². The molecule has 3 aromatic heterocycles. The third-order valence-corrected chi connectivity index (χ3v) is 5.31. The van der Waals surface area contributed by atoms with E-state index in [1.807, 2.05) is 75.8 Å². The van der Waals surface area contributed by atoms with Gasteiger partial charge in [0.1, 0.15) is 5.65 Å². The number of hydrogen-bond donors (Lipinski definition) is 0. The van der Waals surface area contributed by atoms with E-state index in [0.29, 0.717) is 18.7 Å². The van der Waals surface area contributed by atoms with Crippen LogP contribution in [-0.4, -0.2) is 43.1 Å². The Bertz CT molecular complexity index is 1170. The fourth-order valence-electron chi connectivity index (χ4n) is 3.84. The quantitative estimate of drug-likeness (QED) is 0.554. The lowest BCUT2D eigenvalue weighted by Gasteiger charge is -2.39. The zero-order chi connectivity index (χ0) is 19.3. The number of pyridine rings is 1. The van der Waals surface area contributed by atoms with Gasteiger partial charge < -0.3 is 9.30 Å². The first-order chi connectivity index (χ1) is 13.6. The molecule has 1 aliphatic rings. The summed E-state index contributed by atoms with van der Waals surface area (Å²) >= 11 is 0. The topological polar surface area (TPSA) is 55.4 Å². The Morgan fingerprint density at radius 1 is 1.04 bits per heavy atom. The van der Waals surface area contributed by atoms with Gasteiger partial charge in [-0.3, -0.25) is 9.48 Å². The summed E-state index contributed by atoms with van der Waals surface area (Å²) in [6.45, 7) is 5.44. The average molecular weight is 371 g/mol. The standard InChI is InChI=1S/C22H21N5O/c1-15-10-16(2)27(24-15)19-12-26(13-19)22(28)18-8-9-21-23-20(14-25(21)11-18)17-6-4-3-5-7-17/h3-11,14,19H,12-13H2,1-2H3. The number of amides is 1. The average Bonchev–Trinajstić information content (AvgIpc) is 3.23. The normalized spacial score (nSPS) is 14.4. The third kappa shape index (κ3) is 2.78. The number of aromatic nitrogens is 4. The zero-order valence-corrected chi connectivity index (χ0v) is 15.9. The molecule has 1 saturated heterocycles. The van der Waals surface area contributed by atoms with E-state index in [0.717, 1.165) is 28.3 Å². The molecule has 0 radical (unpaired) electrons. The van der Waals surface area contributed by atoms with Crippen molar-refractivity contribution in [3.8, 4) is 11.3 Å². The summed E-state index contributed by atoms with van der Waals surface area (Å²) in [6.07, 6.45) is 3.84. The second-order valence-electron chi connectivity index (χ2n) is 7.41. The second kappa shape index (κ2) is 6.34. The number of nitrogens with zero attached hydrogens (tertiary/aromatic N) is 5. The van der Waals surface area contributed by atoms with Crippen LogP contribution in [-0.2, 0) is 0 Å². The summed E-state index contributed by atoms with van der Waals surface area (Å²) in [4.78, 5) is 19.4. The fourth-order valence-corrected chi connectivity index (χ4v) is 3.84. The van der Waals surface area contributed by atoms with Crippen molar-refractivity contribution in [2.75, 3.05) is 13.1 Å². The molecule has 4 aromatic rings. The molecule has 0 saturated carbocycles. The molecule has 6 heteroatoms. The first-order valence-corrected chi connectivity index (χ1v) is 9.45. The van der Waals surface area contributed by atoms with Crippen molar-refractivity contribution in [2.45, 2.75) is 19.9 Å². The van der Waals surface area contributed by atoms with Gasteiger partial charge in [-0.2, -0.15) is 5.10 Å². The number of imidazole rings is 1. The maximum atomic E-state index is 12.9. The van der Waals surface area contributed by atoms with Gasteiger partial charge in [0.25, 0.3) is 5.91 Å². The molecule has 1 fully saturated rings. The van der Waals surface area contributed by atoms with E-state index in [1.165, 1.54) is 0 Å². The molecular formula is C22H21N5O. The molecule has 0 unspecified atom stereocenters. The Morgan fingerprint density at radius 2 is 1.82 bits per heavy atom. The zero-order valence-electron chi connectivity index (χ0n) is 15.9. The van der Waals surface area contributed by atoms with Crippen LogP contribution in [0.15, 0.2) is 60.9 Å². The summed E-state index contributed by atoms with van der Waals surface area (Å²) in [6, 6.07) is 16.1. The number of benzene rings is 1. The molecular weight excluding hydrogens is 350 g/mol. The number of carbonyl (C=O) groups is 1. The van der Waals surface area contributed by atoms with E-state index in [1.54, 1.807) is 0 Å². The van der Waals surface area contributed by atoms with Gasteiger partial charge in [-0.15, -0.1) is 0 Å². The van der Waals surface area contributed by atoms with Crippen LogP contribution in [0.4, 0.5) is 0 Å². The number of hydrogen-bond acceptors (Lipinski definition) is 3. The molecule has 1 amide bonds. The maximum Gasteiger partial charge on any atom is 0.255 e. The Labute approximate surface area is 163 Å². The van der Waals surface area contributed by atoms with Gasteiger partial charge in [0.2, 0.25) is 0 Å². The van der Waals surface area contributed by atoms with Crippen molar-refractivity contribution < 1.29 is 4.79 Å². The molecule has 0 spiro atoms. The largest absolute Gasteiger partial charge is 0.334 e. The number of rotatable bonds is 3. The Hall–Kier alpha value is -3.41. The Morgan fingerprint density at radius 3 is 2.54 bits per heavy atom. The van der Waals surface area contributed by atoms with E-state index in [9.17, 15) is 4.79 Å². The number of aryl methyl sites for hydroxylation is 2. The molecule has 28 heavy (non-hydrogen) atoms. The van der Waals surface area contributed by atoms with Crippen molar-refractivity contribution in [1.82, 2.24) is 24.1 Å². The van der Waals surface area contributed by atoms with Crippen molar-refractivity contribution >= 4 is 11.6 Å². The predicted molar refractivity (Wildman–Crippen MR) is 107 cm³/mol. The molecule has 0 bridgehead atoms. The van der Waals surface area contributed by atoms with Crippen molar-refractivity contribution in [2.24, 2.45) is 0 Å². The molecule has 5 rings (SSSR count). The Balaban J connectivity index is 1.35.